The highest BCUT2D eigenvalue weighted by molar-refractivity contribution is 5.80. The molecule has 2 N–H and O–H groups in total. The zero-order valence-electron chi connectivity index (χ0n) is 15.4. The zero-order valence-corrected chi connectivity index (χ0v) is 15.4. The highest BCUT2D eigenvalue weighted by Crippen LogP contribution is 2.34. The summed E-state index contributed by atoms with van der Waals surface area (Å²) in [4.78, 5) is 18.8. The lowest BCUT2D eigenvalue weighted by molar-refractivity contribution is -0.121. The van der Waals surface area contributed by atoms with E-state index in [1.165, 1.54) is 11.1 Å². The van der Waals surface area contributed by atoms with Crippen LogP contribution in [0.4, 0.5) is 0 Å². The van der Waals surface area contributed by atoms with Crippen molar-refractivity contribution in [3.05, 3.63) is 35.4 Å². The Morgan fingerprint density at radius 1 is 1.28 bits per heavy atom. The lowest BCUT2D eigenvalue weighted by Gasteiger charge is -2.35. The first-order valence-corrected chi connectivity index (χ1v) is 9.53. The lowest BCUT2D eigenvalue weighted by Crippen LogP contribution is -2.46. The summed E-state index contributed by atoms with van der Waals surface area (Å²) in [5.41, 5.74) is 2.94. The number of carbonyl (C=O) groups is 1. The predicted octanol–water partition coefficient (Wildman–Crippen LogP) is 2.14. The van der Waals surface area contributed by atoms with Crippen LogP contribution >= 0.6 is 0 Å². The molecule has 1 unspecified atom stereocenters. The fourth-order valence-electron chi connectivity index (χ4n) is 3.86. The smallest absolute Gasteiger partial charge is 0.220 e. The fourth-order valence-corrected chi connectivity index (χ4v) is 3.86. The van der Waals surface area contributed by atoms with Crippen molar-refractivity contribution in [1.82, 2.24) is 15.5 Å². The molecule has 3 rings (SSSR count). The average Bonchev–Trinajstić information content (AvgIpc) is 2.62. The third kappa shape index (κ3) is 4.33. The van der Waals surface area contributed by atoms with Crippen molar-refractivity contribution in [3.63, 3.8) is 0 Å². The molecule has 1 aliphatic heterocycles. The quantitative estimate of drug-likeness (QED) is 0.637. The molecular formula is C20H30N4O. The number of hydrogen-bond donors (Lipinski definition) is 2. The molecule has 136 valence electrons. The second-order valence-corrected chi connectivity index (χ2v) is 7.10. The largest absolute Gasteiger partial charge is 0.359 e. The summed E-state index contributed by atoms with van der Waals surface area (Å²) in [5, 5.41) is 6.17. The lowest BCUT2D eigenvalue weighted by atomic mass is 9.78. The summed E-state index contributed by atoms with van der Waals surface area (Å²) < 4.78 is 0. The van der Waals surface area contributed by atoms with E-state index in [9.17, 15) is 4.79 Å². The van der Waals surface area contributed by atoms with Crippen LogP contribution in [0.1, 0.15) is 43.2 Å². The number of likely N-dealkylation sites (tertiary alicyclic amines) is 1. The number of fused-ring (bicyclic) bond motifs is 1. The molecule has 1 aromatic rings. The van der Waals surface area contributed by atoms with Crippen LogP contribution in [0.2, 0.25) is 0 Å². The van der Waals surface area contributed by atoms with E-state index < -0.39 is 0 Å². The number of aliphatic imine (C=N–C) groups is 1. The van der Waals surface area contributed by atoms with Crippen LogP contribution in [0, 0.1) is 5.92 Å². The molecule has 0 radical (unpaired) electrons. The fraction of sp³-hybridized carbons (Fsp3) is 0.600. The Bertz CT molecular complexity index is 620. The van der Waals surface area contributed by atoms with Gasteiger partial charge in [0.05, 0.1) is 0 Å². The molecule has 1 aliphatic carbocycles. The van der Waals surface area contributed by atoms with E-state index in [2.05, 4.69) is 46.7 Å². The molecule has 1 heterocycles. The first kappa shape index (κ1) is 17.8. The van der Waals surface area contributed by atoms with Crippen LogP contribution in [-0.2, 0) is 11.2 Å². The van der Waals surface area contributed by atoms with Crippen LogP contribution in [0.15, 0.2) is 29.3 Å². The van der Waals surface area contributed by atoms with Crippen LogP contribution in [0.25, 0.3) is 0 Å². The van der Waals surface area contributed by atoms with Gasteiger partial charge < -0.3 is 15.5 Å². The molecule has 5 nitrogen and oxygen atoms in total. The van der Waals surface area contributed by atoms with Crippen molar-refractivity contribution in [2.75, 3.05) is 33.2 Å². The molecule has 1 aromatic carbocycles. The maximum absolute atomic E-state index is 11.6. The van der Waals surface area contributed by atoms with Gasteiger partial charge in [-0.2, -0.15) is 0 Å². The Hall–Kier alpha value is -2.04. The number of hydrogen-bond acceptors (Lipinski definition) is 2. The molecule has 1 saturated heterocycles. The van der Waals surface area contributed by atoms with Crippen LogP contribution in [0.5, 0.6) is 0 Å². The van der Waals surface area contributed by atoms with Crippen molar-refractivity contribution in [3.8, 4) is 0 Å². The monoisotopic (exact) mass is 342 g/mol. The summed E-state index contributed by atoms with van der Waals surface area (Å²) in [6.07, 6.45) is 3.92. The highest BCUT2D eigenvalue weighted by Gasteiger charge is 2.26. The van der Waals surface area contributed by atoms with Gasteiger partial charge in [-0.3, -0.25) is 9.79 Å². The molecule has 0 saturated carbocycles. The Labute approximate surface area is 150 Å². The minimum absolute atomic E-state index is 0.155. The summed E-state index contributed by atoms with van der Waals surface area (Å²) in [5.74, 6) is 2.25. The number of nitrogens with one attached hydrogen (secondary N) is 2. The maximum atomic E-state index is 11.6. The van der Waals surface area contributed by atoms with E-state index in [0.717, 1.165) is 51.4 Å². The van der Waals surface area contributed by atoms with E-state index in [-0.39, 0.29) is 5.91 Å². The molecule has 1 fully saturated rings. The van der Waals surface area contributed by atoms with Crippen LogP contribution in [-0.4, -0.2) is 50.0 Å². The van der Waals surface area contributed by atoms with E-state index in [1.807, 2.05) is 0 Å². The average molecular weight is 342 g/mol. The number of benzene rings is 1. The van der Waals surface area contributed by atoms with Gasteiger partial charge in [-0.05, 0) is 43.2 Å². The van der Waals surface area contributed by atoms with E-state index in [1.54, 1.807) is 7.05 Å². The first-order chi connectivity index (χ1) is 12.2. The van der Waals surface area contributed by atoms with Gasteiger partial charge in [0, 0.05) is 45.6 Å². The van der Waals surface area contributed by atoms with Gasteiger partial charge in [0.1, 0.15) is 0 Å². The second-order valence-electron chi connectivity index (χ2n) is 7.10. The first-order valence-electron chi connectivity index (χ1n) is 9.53. The molecular weight excluding hydrogens is 312 g/mol. The standard InChI is InChI=1S/C20H30N4O/c1-3-22-20(23-14-17-13-16-6-4-5-7-18(16)17)24-10-8-15(9-11-24)12-19(25)21-2/h4-7,15,17H,3,8-14H2,1-2H3,(H,21,25)(H,22,23). The second kappa shape index (κ2) is 8.37. The number of amides is 1. The minimum atomic E-state index is 0.155. The van der Waals surface area contributed by atoms with Crippen LogP contribution < -0.4 is 10.6 Å². The van der Waals surface area contributed by atoms with E-state index >= 15 is 0 Å². The topological polar surface area (TPSA) is 56.7 Å². The molecule has 0 bridgehead atoms. The molecule has 25 heavy (non-hydrogen) atoms. The summed E-state index contributed by atoms with van der Waals surface area (Å²) >= 11 is 0. The van der Waals surface area contributed by atoms with Crippen LogP contribution in [0.3, 0.4) is 0 Å². The Balaban J connectivity index is 1.54. The maximum Gasteiger partial charge on any atom is 0.220 e. The molecule has 2 aliphatic rings. The molecule has 0 spiro atoms. The number of carbonyl (C=O) groups excluding carboxylic acids is 1. The Morgan fingerprint density at radius 3 is 2.72 bits per heavy atom. The number of piperidine rings is 1. The van der Waals surface area contributed by atoms with Gasteiger partial charge in [0.25, 0.3) is 0 Å². The van der Waals surface area contributed by atoms with Gasteiger partial charge in [-0.1, -0.05) is 24.3 Å². The number of rotatable bonds is 5. The number of guanidine groups is 1. The molecule has 1 atom stereocenters. The van der Waals surface area contributed by atoms with Gasteiger partial charge in [-0.15, -0.1) is 0 Å². The molecule has 0 aromatic heterocycles. The van der Waals surface area contributed by atoms with Crippen molar-refractivity contribution >= 4 is 11.9 Å². The van der Waals surface area contributed by atoms with Crippen molar-refractivity contribution < 1.29 is 4.79 Å². The SMILES string of the molecule is CCNC(=NCC1Cc2ccccc21)N1CCC(CC(=O)NC)CC1. The highest BCUT2D eigenvalue weighted by atomic mass is 16.1. The summed E-state index contributed by atoms with van der Waals surface area (Å²) in [6.45, 7) is 5.83. The minimum Gasteiger partial charge on any atom is -0.359 e. The zero-order chi connectivity index (χ0) is 17.6. The summed E-state index contributed by atoms with van der Waals surface area (Å²) in [6, 6.07) is 8.69. The summed E-state index contributed by atoms with van der Waals surface area (Å²) in [7, 11) is 1.71. The van der Waals surface area contributed by atoms with Gasteiger partial charge in [0.15, 0.2) is 5.96 Å². The third-order valence-corrected chi connectivity index (χ3v) is 5.42. The van der Waals surface area contributed by atoms with E-state index in [4.69, 9.17) is 4.99 Å². The number of nitrogens with zero attached hydrogens (tertiary/aromatic N) is 2. The molecule has 5 heteroatoms. The van der Waals surface area contributed by atoms with Gasteiger partial charge in [-0.25, -0.2) is 0 Å². The van der Waals surface area contributed by atoms with Gasteiger partial charge in [0.2, 0.25) is 5.91 Å². The Morgan fingerprint density at radius 2 is 2.04 bits per heavy atom. The van der Waals surface area contributed by atoms with Crippen molar-refractivity contribution in [2.45, 2.75) is 38.5 Å². The predicted molar refractivity (Wildman–Crippen MR) is 102 cm³/mol. The normalized spacial score (nSPS) is 20.6. The Kier molecular flexibility index (Phi) is 5.95. The molecule has 1 amide bonds. The third-order valence-electron chi connectivity index (χ3n) is 5.42. The van der Waals surface area contributed by atoms with E-state index in [0.29, 0.717) is 18.3 Å². The van der Waals surface area contributed by atoms with Crippen molar-refractivity contribution in [2.24, 2.45) is 10.9 Å². The van der Waals surface area contributed by atoms with Gasteiger partial charge >= 0.3 is 0 Å². The van der Waals surface area contributed by atoms with Crippen molar-refractivity contribution in [1.29, 1.82) is 0 Å².